The van der Waals surface area contributed by atoms with Crippen molar-refractivity contribution in [3.63, 3.8) is 0 Å². The summed E-state index contributed by atoms with van der Waals surface area (Å²) in [5, 5.41) is 9.20. The second-order valence-electron chi connectivity index (χ2n) is 8.13. The highest BCUT2D eigenvalue weighted by atomic mass is 32.2. The topological polar surface area (TPSA) is 82.0 Å². The molecule has 2 heterocycles. The van der Waals surface area contributed by atoms with Crippen molar-refractivity contribution in [1.29, 1.82) is 0 Å². The van der Waals surface area contributed by atoms with E-state index in [9.17, 15) is 21.6 Å². The van der Waals surface area contributed by atoms with Gasteiger partial charge in [-0.1, -0.05) is 24.3 Å². The smallest absolute Gasteiger partial charge is 0.416 e. The Bertz CT molecular complexity index is 1700. The molecule has 37 heavy (non-hydrogen) atoms. The molecule has 3 aromatic carbocycles. The Hall–Kier alpha value is -3.83. The number of halogens is 3. The summed E-state index contributed by atoms with van der Waals surface area (Å²) in [7, 11) is -2.16. The number of rotatable bonds is 6. The van der Waals surface area contributed by atoms with Crippen molar-refractivity contribution in [3.05, 3.63) is 89.0 Å². The van der Waals surface area contributed by atoms with Gasteiger partial charge in [-0.25, -0.2) is 8.42 Å². The number of benzene rings is 3. The molecule has 0 saturated carbocycles. The van der Waals surface area contributed by atoms with E-state index >= 15 is 0 Å². The quantitative estimate of drug-likeness (QED) is 0.247. The molecular weight excluding hydrogens is 523 g/mol. The maximum absolute atomic E-state index is 13.3. The lowest BCUT2D eigenvalue weighted by atomic mass is 9.97. The second-order valence-corrected chi connectivity index (χ2v) is 11.0. The Morgan fingerprint density at radius 2 is 1.78 bits per heavy atom. The van der Waals surface area contributed by atoms with E-state index in [1.54, 1.807) is 48.7 Å². The lowest BCUT2D eigenvalue weighted by Crippen LogP contribution is -2.05. The molecule has 0 aliphatic carbocycles. The average Bonchev–Trinajstić information content (AvgIpc) is 3.39. The van der Waals surface area contributed by atoms with Crippen molar-refractivity contribution in [2.24, 2.45) is 0 Å². The Kier molecular flexibility index (Phi) is 6.42. The molecule has 0 aliphatic rings. The van der Waals surface area contributed by atoms with Gasteiger partial charge in [0.15, 0.2) is 9.84 Å². The SMILES string of the molecule is COc1ccc(-c2cccc(C(F)(F)F)c2)cc1-c1nccc2cc(S(=O)(=O)Cc3nncs3)ccc12. The van der Waals surface area contributed by atoms with Crippen LogP contribution in [0.25, 0.3) is 33.2 Å². The van der Waals surface area contributed by atoms with E-state index in [4.69, 9.17) is 4.74 Å². The standard InChI is InChI=1S/C26H18F3N3O3S2/c1-35-23-8-5-17(16-3-2-4-19(11-16)26(27,28)29)13-22(23)25-21-7-6-20(12-18(21)9-10-30-25)37(33,34)14-24-32-31-15-36-24/h2-13,15H,14H2,1H3. The van der Waals surface area contributed by atoms with E-state index in [1.165, 1.54) is 36.1 Å². The average molecular weight is 542 g/mol. The van der Waals surface area contributed by atoms with Gasteiger partial charge in [-0.05, 0) is 59.0 Å². The lowest BCUT2D eigenvalue weighted by Gasteiger charge is -2.14. The van der Waals surface area contributed by atoms with E-state index in [0.29, 0.717) is 43.9 Å². The van der Waals surface area contributed by atoms with E-state index in [1.807, 2.05) is 0 Å². The van der Waals surface area contributed by atoms with E-state index in [0.717, 1.165) is 12.1 Å². The predicted octanol–water partition coefficient (Wildman–Crippen LogP) is 6.42. The first-order chi connectivity index (χ1) is 17.7. The van der Waals surface area contributed by atoms with Gasteiger partial charge >= 0.3 is 6.18 Å². The summed E-state index contributed by atoms with van der Waals surface area (Å²) in [6, 6.07) is 16.6. The van der Waals surface area contributed by atoms with Crippen LogP contribution in [0.4, 0.5) is 13.2 Å². The Morgan fingerprint density at radius 3 is 2.51 bits per heavy atom. The minimum absolute atomic E-state index is 0.136. The van der Waals surface area contributed by atoms with Gasteiger partial charge in [0.25, 0.3) is 0 Å². The monoisotopic (exact) mass is 541 g/mol. The van der Waals surface area contributed by atoms with Gasteiger partial charge in [0.1, 0.15) is 22.0 Å². The van der Waals surface area contributed by atoms with Crippen LogP contribution in [0.2, 0.25) is 0 Å². The highest BCUT2D eigenvalue weighted by Crippen LogP contribution is 2.38. The molecule has 0 amide bonds. The van der Waals surface area contributed by atoms with Crippen LogP contribution < -0.4 is 4.74 Å². The molecule has 0 bridgehead atoms. The zero-order valence-electron chi connectivity index (χ0n) is 19.2. The largest absolute Gasteiger partial charge is 0.496 e. The zero-order chi connectivity index (χ0) is 26.2. The molecular formula is C26H18F3N3O3S2. The molecule has 5 aromatic rings. The summed E-state index contributed by atoms with van der Waals surface area (Å²) < 4.78 is 71.2. The number of fused-ring (bicyclic) bond motifs is 1. The van der Waals surface area contributed by atoms with Crippen molar-refractivity contribution in [2.45, 2.75) is 16.8 Å². The lowest BCUT2D eigenvalue weighted by molar-refractivity contribution is -0.137. The van der Waals surface area contributed by atoms with Crippen LogP contribution in [0.1, 0.15) is 10.6 Å². The maximum Gasteiger partial charge on any atom is 0.416 e. The summed E-state index contributed by atoms with van der Waals surface area (Å²) in [4.78, 5) is 4.64. The van der Waals surface area contributed by atoms with Crippen LogP contribution in [0, 0.1) is 0 Å². The molecule has 0 N–H and O–H groups in total. The van der Waals surface area contributed by atoms with E-state index in [-0.39, 0.29) is 10.6 Å². The minimum Gasteiger partial charge on any atom is -0.496 e. The maximum atomic E-state index is 13.3. The molecule has 6 nitrogen and oxygen atoms in total. The number of alkyl halides is 3. The molecule has 0 fully saturated rings. The summed E-state index contributed by atoms with van der Waals surface area (Å²) >= 11 is 1.17. The third kappa shape index (κ3) is 5.05. The van der Waals surface area contributed by atoms with E-state index in [2.05, 4.69) is 15.2 Å². The van der Waals surface area contributed by atoms with Gasteiger partial charge in [0, 0.05) is 17.1 Å². The Balaban J connectivity index is 1.60. The van der Waals surface area contributed by atoms with Gasteiger partial charge in [0.2, 0.25) is 0 Å². The molecule has 0 saturated heterocycles. The van der Waals surface area contributed by atoms with Crippen LogP contribution in [-0.2, 0) is 21.8 Å². The summed E-state index contributed by atoms with van der Waals surface area (Å²) in [5.41, 5.74) is 2.75. The van der Waals surface area contributed by atoms with Crippen LogP contribution in [-0.4, -0.2) is 30.7 Å². The Morgan fingerprint density at radius 1 is 0.973 bits per heavy atom. The number of pyridine rings is 1. The van der Waals surface area contributed by atoms with Crippen molar-refractivity contribution < 1.29 is 26.3 Å². The number of sulfone groups is 1. The minimum atomic E-state index is -4.46. The summed E-state index contributed by atoms with van der Waals surface area (Å²) in [6.45, 7) is 0. The molecule has 0 atom stereocenters. The normalized spacial score (nSPS) is 12.1. The van der Waals surface area contributed by atoms with Crippen molar-refractivity contribution in [1.82, 2.24) is 15.2 Å². The third-order valence-corrected chi connectivity index (χ3v) is 8.30. The number of ether oxygens (including phenoxy) is 1. The fraction of sp³-hybridized carbons (Fsp3) is 0.115. The predicted molar refractivity (Wildman–Crippen MR) is 135 cm³/mol. The summed E-state index contributed by atoms with van der Waals surface area (Å²) in [6.07, 6.45) is -2.91. The molecule has 188 valence electrons. The fourth-order valence-corrected chi connectivity index (χ4v) is 6.20. The molecule has 0 aliphatic heterocycles. The third-order valence-electron chi connectivity index (χ3n) is 5.79. The number of hydrogen-bond donors (Lipinski definition) is 0. The van der Waals surface area contributed by atoms with Gasteiger partial charge in [-0.15, -0.1) is 21.5 Å². The Labute approximate surface area is 214 Å². The highest BCUT2D eigenvalue weighted by molar-refractivity contribution is 7.90. The van der Waals surface area contributed by atoms with Gasteiger partial charge in [-0.2, -0.15) is 13.2 Å². The molecule has 0 unspecified atom stereocenters. The first-order valence-electron chi connectivity index (χ1n) is 10.9. The van der Waals surface area contributed by atoms with Crippen LogP contribution >= 0.6 is 11.3 Å². The van der Waals surface area contributed by atoms with Crippen LogP contribution in [0.5, 0.6) is 5.75 Å². The van der Waals surface area contributed by atoms with Crippen molar-refractivity contribution in [2.75, 3.05) is 7.11 Å². The van der Waals surface area contributed by atoms with Crippen LogP contribution in [0.3, 0.4) is 0 Å². The number of hydrogen-bond acceptors (Lipinski definition) is 7. The van der Waals surface area contributed by atoms with E-state index < -0.39 is 21.6 Å². The van der Waals surface area contributed by atoms with Gasteiger partial charge in [-0.3, -0.25) is 4.98 Å². The van der Waals surface area contributed by atoms with Crippen molar-refractivity contribution in [3.8, 4) is 28.1 Å². The first kappa shape index (κ1) is 24.8. The van der Waals surface area contributed by atoms with Gasteiger partial charge in [0.05, 0.1) is 23.3 Å². The first-order valence-corrected chi connectivity index (χ1v) is 13.4. The molecule has 11 heteroatoms. The zero-order valence-corrected chi connectivity index (χ0v) is 20.9. The number of methoxy groups -OCH3 is 1. The number of aromatic nitrogens is 3. The number of nitrogens with zero attached hydrogens (tertiary/aromatic N) is 3. The summed E-state index contributed by atoms with van der Waals surface area (Å²) in [5.74, 6) is 0.220. The van der Waals surface area contributed by atoms with Gasteiger partial charge < -0.3 is 4.74 Å². The highest BCUT2D eigenvalue weighted by Gasteiger charge is 2.30. The molecule has 2 aromatic heterocycles. The fourth-order valence-electron chi connectivity index (χ4n) is 4.02. The van der Waals surface area contributed by atoms with Crippen molar-refractivity contribution >= 4 is 31.9 Å². The second kappa shape index (κ2) is 9.56. The molecule has 5 rings (SSSR count). The van der Waals surface area contributed by atoms with Crippen LogP contribution in [0.15, 0.2) is 83.3 Å². The molecule has 0 spiro atoms. The molecule has 0 radical (unpaired) electrons.